The van der Waals surface area contributed by atoms with Crippen molar-refractivity contribution in [3.8, 4) is 0 Å². The van der Waals surface area contributed by atoms with Crippen molar-refractivity contribution in [2.75, 3.05) is 19.0 Å². The van der Waals surface area contributed by atoms with Gasteiger partial charge in [0.15, 0.2) is 0 Å². The van der Waals surface area contributed by atoms with Crippen LogP contribution in [0.5, 0.6) is 0 Å². The number of alkyl halides is 3. The number of rotatable bonds is 8. The van der Waals surface area contributed by atoms with E-state index in [2.05, 4.69) is 0 Å². The Labute approximate surface area is 106 Å². The summed E-state index contributed by atoms with van der Waals surface area (Å²) >= 11 is 0. The number of nitrogens with two attached hydrogens (primary N) is 1. The van der Waals surface area contributed by atoms with Crippen LogP contribution in [0.15, 0.2) is 0 Å². The summed E-state index contributed by atoms with van der Waals surface area (Å²) in [6.45, 7) is 3.03. The molecule has 0 aliphatic rings. The summed E-state index contributed by atoms with van der Waals surface area (Å²) in [5, 5.41) is 4.98. The van der Waals surface area contributed by atoms with Gasteiger partial charge >= 0.3 is 6.18 Å². The van der Waals surface area contributed by atoms with Gasteiger partial charge in [-0.15, -0.1) is 0 Å². The molecule has 0 amide bonds. The van der Waals surface area contributed by atoms with E-state index in [1.165, 1.54) is 0 Å². The topological polar surface area (TPSA) is 69.4 Å². The molecule has 0 bridgehead atoms. The molecule has 8 heteroatoms. The Morgan fingerprint density at radius 2 is 1.67 bits per heavy atom. The Kier molecular flexibility index (Phi) is 6.59. The largest absolute Gasteiger partial charge is 0.391 e. The van der Waals surface area contributed by atoms with Gasteiger partial charge in [0, 0.05) is 5.41 Å². The van der Waals surface area contributed by atoms with Crippen LogP contribution in [0.4, 0.5) is 13.2 Å². The quantitative estimate of drug-likeness (QED) is 0.696. The molecule has 0 rings (SSSR count). The SMILES string of the molecule is CCC(CC)(COCCC(F)(F)F)CS(N)(=O)=O. The predicted octanol–water partition coefficient (Wildman–Crippen LogP) is 2.05. The number of halogens is 3. The van der Waals surface area contributed by atoms with Crippen LogP contribution >= 0.6 is 0 Å². The van der Waals surface area contributed by atoms with Gasteiger partial charge in [-0.3, -0.25) is 0 Å². The summed E-state index contributed by atoms with van der Waals surface area (Å²) in [6.07, 6.45) is -4.34. The summed E-state index contributed by atoms with van der Waals surface area (Å²) in [7, 11) is -3.67. The molecular formula is C10H20F3NO3S. The maximum absolute atomic E-state index is 11.9. The lowest BCUT2D eigenvalue weighted by atomic mass is 9.85. The van der Waals surface area contributed by atoms with Crippen LogP contribution < -0.4 is 5.14 Å². The molecule has 0 aromatic carbocycles. The fourth-order valence-electron chi connectivity index (χ4n) is 1.60. The predicted molar refractivity (Wildman–Crippen MR) is 62.5 cm³/mol. The van der Waals surface area contributed by atoms with Crippen LogP contribution in [-0.4, -0.2) is 33.6 Å². The van der Waals surface area contributed by atoms with E-state index in [4.69, 9.17) is 9.88 Å². The molecule has 0 saturated heterocycles. The number of hydrogen-bond acceptors (Lipinski definition) is 3. The molecule has 0 aliphatic carbocycles. The fraction of sp³-hybridized carbons (Fsp3) is 1.00. The smallest absolute Gasteiger partial charge is 0.380 e. The van der Waals surface area contributed by atoms with E-state index in [1.807, 2.05) is 0 Å². The molecule has 4 nitrogen and oxygen atoms in total. The highest BCUT2D eigenvalue weighted by Gasteiger charge is 2.32. The summed E-state index contributed by atoms with van der Waals surface area (Å²) in [6, 6.07) is 0. The fourth-order valence-corrected chi connectivity index (χ4v) is 2.95. The molecule has 110 valence electrons. The lowest BCUT2D eigenvalue weighted by molar-refractivity contribution is -0.147. The third-order valence-corrected chi connectivity index (χ3v) is 3.96. The van der Waals surface area contributed by atoms with Crippen molar-refractivity contribution < 1.29 is 26.3 Å². The Morgan fingerprint density at radius 1 is 1.17 bits per heavy atom. The van der Waals surface area contributed by atoms with Crippen LogP contribution in [0.1, 0.15) is 33.1 Å². The monoisotopic (exact) mass is 291 g/mol. The zero-order valence-electron chi connectivity index (χ0n) is 10.6. The van der Waals surface area contributed by atoms with Gasteiger partial charge in [0.05, 0.1) is 25.4 Å². The number of hydrogen-bond donors (Lipinski definition) is 1. The molecule has 0 saturated carbocycles. The summed E-state index contributed by atoms with van der Waals surface area (Å²) < 4.78 is 62.9. The Bertz CT molecular complexity index is 337. The number of primary sulfonamides is 1. The van der Waals surface area contributed by atoms with Crippen LogP contribution in [0.3, 0.4) is 0 Å². The first kappa shape index (κ1) is 17.7. The van der Waals surface area contributed by atoms with E-state index in [0.717, 1.165) is 0 Å². The third-order valence-electron chi connectivity index (χ3n) is 2.95. The van der Waals surface area contributed by atoms with Gasteiger partial charge in [0.2, 0.25) is 10.0 Å². The van der Waals surface area contributed by atoms with E-state index >= 15 is 0 Å². The van der Waals surface area contributed by atoms with Gasteiger partial charge in [-0.05, 0) is 12.8 Å². The molecule has 0 spiro atoms. The number of ether oxygens (including phenoxy) is 1. The van der Waals surface area contributed by atoms with Crippen molar-refractivity contribution in [1.29, 1.82) is 0 Å². The first-order chi connectivity index (χ1) is 8.04. The van der Waals surface area contributed by atoms with Gasteiger partial charge in [-0.25, -0.2) is 13.6 Å². The normalized spacial score (nSPS) is 13.9. The minimum atomic E-state index is -4.26. The van der Waals surface area contributed by atoms with E-state index in [1.54, 1.807) is 13.8 Å². The van der Waals surface area contributed by atoms with Crippen LogP contribution in [-0.2, 0) is 14.8 Å². The molecule has 2 N–H and O–H groups in total. The summed E-state index contributed by atoms with van der Waals surface area (Å²) in [5.41, 5.74) is -0.709. The van der Waals surface area contributed by atoms with Gasteiger partial charge in [-0.2, -0.15) is 13.2 Å². The average Bonchev–Trinajstić information content (AvgIpc) is 2.19. The Hall–Kier alpha value is -0.340. The van der Waals surface area contributed by atoms with E-state index in [-0.39, 0.29) is 12.4 Å². The number of sulfonamides is 1. The van der Waals surface area contributed by atoms with E-state index < -0.39 is 34.6 Å². The summed E-state index contributed by atoms with van der Waals surface area (Å²) in [4.78, 5) is 0. The van der Waals surface area contributed by atoms with Crippen LogP contribution in [0.25, 0.3) is 0 Å². The highest BCUT2D eigenvalue weighted by molar-refractivity contribution is 7.89. The zero-order chi connectivity index (χ0) is 14.4. The summed E-state index contributed by atoms with van der Waals surface area (Å²) in [5.74, 6) is -0.279. The molecular weight excluding hydrogens is 271 g/mol. The molecule has 0 aromatic heterocycles. The maximum atomic E-state index is 11.9. The van der Waals surface area contributed by atoms with Gasteiger partial charge in [0.25, 0.3) is 0 Å². The van der Waals surface area contributed by atoms with Gasteiger partial charge in [-0.1, -0.05) is 13.8 Å². The van der Waals surface area contributed by atoms with Crippen molar-refractivity contribution in [3.05, 3.63) is 0 Å². The lowest BCUT2D eigenvalue weighted by Gasteiger charge is -2.30. The molecule has 0 radical (unpaired) electrons. The average molecular weight is 291 g/mol. The molecule has 0 aliphatic heterocycles. The van der Waals surface area contributed by atoms with Crippen molar-refractivity contribution in [2.45, 2.75) is 39.3 Å². The molecule has 0 aromatic rings. The first-order valence-corrected chi connectivity index (χ1v) is 7.40. The van der Waals surface area contributed by atoms with Gasteiger partial charge in [0.1, 0.15) is 0 Å². The second kappa shape index (κ2) is 6.72. The molecule has 0 unspecified atom stereocenters. The second-order valence-corrected chi connectivity index (χ2v) is 6.05. The highest BCUT2D eigenvalue weighted by atomic mass is 32.2. The van der Waals surface area contributed by atoms with Crippen LogP contribution in [0.2, 0.25) is 0 Å². The molecule has 18 heavy (non-hydrogen) atoms. The first-order valence-electron chi connectivity index (χ1n) is 5.68. The second-order valence-electron chi connectivity index (χ2n) is 4.43. The van der Waals surface area contributed by atoms with E-state index in [0.29, 0.717) is 12.8 Å². The molecule has 0 atom stereocenters. The third kappa shape index (κ3) is 7.88. The van der Waals surface area contributed by atoms with Crippen molar-refractivity contribution >= 4 is 10.0 Å². The molecule has 0 heterocycles. The van der Waals surface area contributed by atoms with Crippen molar-refractivity contribution in [2.24, 2.45) is 10.6 Å². The Morgan fingerprint density at radius 3 is 2.00 bits per heavy atom. The van der Waals surface area contributed by atoms with E-state index in [9.17, 15) is 21.6 Å². The standard InChI is InChI=1S/C10H20F3NO3S/c1-3-9(4-2,8-18(14,15)16)7-17-6-5-10(11,12)13/h3-8H2,1-2H3,(H2,14,15,16). The van der Waals surface area contributed by atoms with Crippen LogP contribution in [0, 0.1) is 5.41 Å². The highest BCUT2D eigenvalue weighted by Crippen LogP contribution is 2.28. The lowest BCUT2D eigenvalue weighted by Crippen LogP contribution is -2.37. The Balaban J connectivity index is 4.36. The van der Waals surface area contributed by atoms with Gasteiger partial charge < -0.3 is 4.74 Å². The minimum absolute atomic E-state index is 0.0352. The molecule has 0 fully saturated rings. The minimum Gasteiger partial charge on any atom is -0.380 e. The van der Waals surface area contributed by atoms with Crippen molar-refractivity contribution in [1.82, 2.24) is 0 Å². The van der Waals surface area contributed by atoms with Crippen molar-refractivity contribution in [3.63, 3.8) is 0 Å². The zero-order valence-corrected chi connectivity index (χ0v) is 11.4. The maximum Gasteiger partial charge on any atom is 0.391 e.